The monoisotopic (exact) mass is 244 g/mol. The fraction of sp³-hybridized carbons (Fsp3) is 0.571. The molecule has 0 spiro atoms. The Hall–Kier alpha value is -1.58. The van der Waals surface area contributed by atoms with E-state index in [1.54, 1.807) is 4.52 Å². The third-order valence-electron chi connectivity index (χ3n) is 4.19. The number of hydrogen-bond acceptors (Lipinski definition) is 3. The van der Waals surface area contributed by atoms with E-state index in [9.17, 15) is 0 Å². The molecule has 0 bridgehead atoms. The van der Waals surface area contributed by atoms with E-state index in [2.05, 4.69) is 30.0 Å². The maximum Gasteiger partial charge on any atom is 0.240 e. The van der Waals surface area contributed by atoms with Gasteiger partial charge in [-0.05, 0) is 43.1 Å². The van der Waals surface area contributed by atoms with Crippen molar-refractivity contribution in [3.8, 4) is 0 Å². The van der Waals surface area contributed by atoms with Crippen LogP contribution < -0.4 is 5.73 Å². The van der Waals surface area contributed by atoms with Crippen molar-refractivity contribution in [3.63, 3.8) is 0 Å². The summed E-state index contributed by atoms with van der Waals surface area (Å²) in [5, 5.41) is 4.18. The van der Waals surface area contributed by atoms with Gasteiger partial charge >= 0.3 is 0 Å². The van der Waals surface area contributed by atoms with Crippen LogP contribution in [0.4, 0.5) is 5.95 Å². The number of anilines is 1. The lowest BCUT2D eigenvalue weighted by Gasteiger charge is -2.34. The predicted octanol–water partition coefficient (Wildman–Crippen LogP) is 3.00. The number of rotatable bonds is 1. The van der Waals surface area contributed by atoms with Gasteiger partial charge in [0.1, 0.15) is 0 Å². The van der Waals surface area contributed by atoms with Crippen LogP contribution in [0.2, 0.25) is 0 Å². The number of nitrogen functional groups attached to an aromatic ring is 1. The molecule has 2 N–H and O–H groups in total. The lowest BCUT2D eigenvalue weighted by Crippen LogP contribution is -2.20. The zero-order chi connectivity index (χ0) is 12.8. The number of aromatic nitrogens is 3. The van der Waals surface area contributed by atoms with Crippen LogP contribution in [-0.2, 0) is 0 Å². The molecule has 0 aromatic carbocycles. The standard InChI is InChI=1S/C14H20N4/c1-14(2)7-5-10(6-8-14)11-4-3-9-18-12(11)16-13(15)17-18/h3-4,9-10H,5-8H2,1-2H3,(H2,15,17). The van der Waals surface area contributed by atoms with Gasteiger partial charge in [0.25, 0.3) is 0 Å². The Morgan fingerprint density at radius 3 is 2.78 bits per heavy atom. The normalized spacial score (nSPS) is 20.3. The van der Waals surface area contributed by atoms with Crippen LogP contribution in [0, 0.1) is 5.41 Å². The fourth-order valence-corrected chi connectivity index (χ4v) is 2.97. The predicted molar refractivity (Wildman–Crippen MR) is 72.4 cm³/mol. The smallest absolute Gasteiger partial charge is 0.240 e. The van der Waals surface area contributed by atoms with Crippen molar-refractivity contribution in [2.45, 2.75) is 45.4 Å². The molecule has 0 saturated heterocycles. The van der Waals surface area contributed by atoms with Crippen LogP contribution in [0.15, 0.2) is 18.3 Å². The minimum absolute atomic E-state index is 0.360. The van der Waals surface area contributed by atoms with Gasteiger partial charge in [0.2, 0.25) is 5.95 Å². The quantitative estimate of drug-likeness (QED) is 0.839. The van der Waals surface area contributed by atoms with Gasteiger partial charge in [-0.15, -0.1) is 5.10 Å². The number of hydrogen-bond donors (Lipinski definition) is 1. The van der Waals surface area contributed by atoms with Gasteiger partial charge in [0, 0.05) is 11.8 Å². The van der Waals surface area contributed by atoms with E-state index in [4.69, 9.17) is 5.73 Å². The lowest BCUT2D eigenvalue weighted by molar-refractivity contribution is 0.225. The molecule has 1 fully saturated rings. The molecule has 2 aromatic rings. The van der Waals surface area contributed by atoms with E-state index in [-0.39, 0.29) is 0 Å². The van der Waals surface area contributed by atoms with E-state index in [0.29, 0.717) is 17.3 Å². The van der Waals surface area contributed by atoms with Crippen molar-refractivity contribution in [1.29, 1.82) is 0 Å². The minimum Gasteiger partial charge on any atom is -0.366 e. The maximum atomic E-state index is 5.69. The summed E-state index contributed by atoms with van der Waals surface area (Å²) in [6.45, 7) is 4.72. The van der Waals surface area contributed by atoms with Crippen molar-refractivity contribution in [1.82, 2.24) is 14.6 Å². The fourth-order valence-electron chi connectivity index (χ4n) is 2.97. The van der Waals surface area contributed by atoms with Crippen molar-refractivity contribution >= 4 is 11.6 Å². The highest BCUT2D eigenvalue weighted by molar-refractivity contribution is 5.51. The van der Waals surface area contributed by atoms with Crippen molar-refractivity contribution in [2.24, 2.45) is 5.41 Å². The first kappa shape index (κ1) is 11.5. The van der Waals surface area contributed by atoms with E-state index >= 15 is 0 Å². The first-order valence-corrected chi connectivity index (χ1v) is 6.66. The van der Waals surface area contributed by atoms with Crippen LogP contribution in [0.1, 0.15) is 51.0 Å². The topological polar surface area (TPSA) is 56.2 Å². The van der Waals surface area contributed by atoms with Crippen LogP contribution in [-0.4, -0.2) is 14.6 Å². The Kier molecular flexibility index (Phi) is 2.54. The molecule has 4 nitrogen and oxygen atoms in total. The van der Waals surface area contributed by atoms with Gasteiger partial charge in [-0.2, -0.15) is 4.98 Å². The molecule has 2 heterocycles. The molecule has 0 amide bonds. The maximum absolute atomic E-state index is 5.69. The molecule has 4 heteroatoms. The van der Waals surface area contributed by atoms with Crippen molar-refractivity contribution in [2.75, 3.05) is 5.73 Å². The molecule has 2 aromatic heterocycles. The summed E-state index contributed by atoms with van der Waals surface area (Å²) >= 11 is 0. The zero-order valence-electron chi connectivity index (χ0n) is 11.1. The number of nitrogens with two attached hydrogens (primary N) is 1. The Morgan fingerprint density at radius 2 is 2.06 bits per heavy atom. The highest BCUT2D eigenvalue weighted by Gasteiger charge is 2.28. The average molecular weight is 244 g/mol. The summed E-state index contributed by atoms with van der Waals surface area (Å²) in [5.74, 6) is 0.962. The van der Waals surface area contributed by atoms with Crippen LogP contribution in [0.5, 0.6) is 0 Å². The summed E-state index contributed by atoms with van der Waals surface area (Å²) in [5.41, 5.74) is 8.42. The summed E-state index contributed by atoms with van der Waals surface area (Å²) in [6.07, 6.45) is 6.94. The van der Waals surface area contributed by atoms with E-state index in [1.807, 2.05) is 12.3 Å². The molecule has 3 rings (SSSR count). The third-order valence-corrected chi connectivity index (χ3v) is 4.19. The molecule has 0 unspecified atom stereocenters. The second kappa shape index (κ2) is 3.97. The zero-order valence-corrected chi connectivity index (χ0v) is 11.1. The summed E-state index contributed by atoms with van der Waals surface area (Å²) in [7, 11) is 0. The lowest BCUT2D eigenvalue weighted by atomic mass is 9.71. The van der Waals surface area contributed by atoms with Gasteiger partial charge in [-0.25, -0.2) is 4.52 Å². The summed E-state index contributed by atoms with van der Waals surface area (Å²) < 4.78 is 1.80. The van der Waals surface area contributed by atoms with E-state index in [0.717, 1.165) is 5.65 Å². The minimum atomic E-state index is 0.360. The molecule has 1 saturated carbocycles. The van der Waals surface area contributed by atoms with Gasteiger partial charge in [-0.1, -0.05) is 19.9 Å². The third kappa shape index (κ3) is 1.96. The summed E-state index contributed by atoms with van der Waals surface area (Å²) in [6, 6.07) is 4.21. The molecule has 0 aliphatic heterocycles. The first-order chi connectivity index (χ1) is 8.55. The van der Waals surface area contributed by atoms with Crippen molar-refractivity contribution in [3.05, 3.63) is 23.9 Å². The molecular weight excluding hydrogens is 224 g/mol. The second-order valence-electron chi connectivity index (χ2n) is 6.14. The van der Waals surface area contributed by atoms with Gasteiger partial charge < -0.3 is 5.73 Å². The first-order valence-electron chi connectivity index (χ1n) is 6.66. The Bertz CT molecular complexity index is 560. The van der Waals surface area contributed by atoms with Gasteiger partial charge in [-0.3, -0.25) is 0 Å². The highest BCUT2D eigenvalue weighted by Crippen LogP contribution is 2.43. The molecular formula is C14H20N4. The molecule has 18 heavy (non-hydrogen) atoms. The van der Waals surface area contributed by atoms with Gasteiger partial charge in [0.05, 0.1) is 0 Å². The second-order valence-corrected chi connectivity index (χ2v) is 6.14. The molecule has 0 radical (unpaired) electrons. The van der Waals surface area contributed by atoms with E-state index < -0.39 is 0 Å². The molecule has 96 valence electrons. The molecule has 1 aliphatic carbocycles. The SMILES string of the molecule is CC1(C)CCC(c2cccn3nc(N)nc23)CC1. The van der Waals surface area contributed by atoms with Gasteiger partial charge in [0.15, 0.2) is 5.65 Å². The molecule has 0 atom stereocenters. The Balaban J connectivity index is 1.95. The van der Waals surface area contributed by atoms with Crippen LogP contribution in [0.3, 0.4) is 0 Å². The van der Waals surface area contributed by atoms with Crippen LogP contribution in [0.25, 0.3) is 5.65 Å². The summed E-state index contributed by atoms with van der Waals surface area (Å²) in [4.78, 5) is 4.35. The number of pyridine rings is 1. The largest absolute Gasteiger partial charge is 0.366 e. The Morgan fingerprint density at radius 1 is 1.33 bits per heavy atom. The number of nitrogens with zero attached hydrogens (tertiary/aromatic N) is 3. The van der Waals surface area contributed by atoms with Crippen LogP contribution >= 0.6 is 0 Å². The van der Waals surface area contributed by atoms with E-state index in [1.165, 1.54) is 31.2 Å². The highest BCUT2D eigenvalue weighted by atomic mass is 15.3. The molecule has 1 aliphatic rings. The number of fused-ring (bicyclic) bond motifs is 1. The average Bonchev–Trinajstić information content (AvgIpc) is 2.69. The van der Waals surface area contributed by atoms with Crippen molar-refractivity contribution < 1.29 is 0 Å². The Labute approximate surface area is 107 Å².